The third kappa shape index (κ3) is 5.34. The highest BCUT2D eigenvalue weighted by atomic mass is 32.2. The molecule has 1 saturated carbocycles. The van der Waals surface area contributed by atoms with E-state index in [-0.39, 0.29) is 0 Å². The molecule has 5 heteroatoms. The third-order valence-electron chi connectivity index (χ3n) is 4.59. The molecule has 0 spiro atoms. The van der Waals surface area contributed by atoms with Crippen LogP contribution in [0.3, 0.4) is 0 Å². The first-order valence-corrected chi connectivity index (χ1v) is 10.0. The van der Waals surface area contributed by atoms with Crippen molar-refractivity contribution in [1.29, 1.82) is 0 Å². The molecule has 2 rings (SSSR count). The van der Waals surface area contributed by atoms with Gasteiger partial charge in [0.15, 0.2) is 0 Å². The molecular formula is C15H30N2O2S. The second-order valence-corrected chi connectivity index (χ2v) is 8.68. The van der Waals surface area contributed by atoms with Crippen molar-refractivity contribution in [3.05, 3.63) is 0 Å². The quantitative estimate of drug-likeness (QED) is 0.748. The molecule has 4 nitrogen and oxygen atoms in total. The van der Waals surface area contributed by atoms with Crippen LogP contribution >= 0.6 is 0 Å². The van der Waals surface area contributed by atoms with Crippen molar-refractivity contribution in [2.45, 2.75) is 57.9 Å². The SMILES string of the molecule is CCCC(CNC1CC1)CC1CCCN(S(C)(=O)=O)C1. The monoisotopic (exact) mass is 302 g/mol. The molecule has 2 fully saturated rings. The van der Waals surface area contributed by atoms with E-state index in [1.807, 2.05) is 0 Å². The van der Waals surface area contributed by atoms with Gasteiger partial charge in [-0.05, 0) is 56.9 Å². The summed E-state index contributed by atoms with van der Waals surface area (Å²) in [6.07, 6.45) is 9.89. The minimum absolute atomic E-state index is 0.552. The number of nitrogens with zero attached hydrogens (tertiary/aromatic N) is 1. The summed E-state index contributed by atoms with van der Waals surface area (Å²) in [6.45, 7) is 4.82. The molecule has 1 heterocycles. The molecule has 1 saturated heterocycles. The highest BCUT2D eigenvalue weighted by Crippen LogP contribution is 2.27. The summed E-state index contributed by atoms with van der Waals surface area (Å²) in [5.41, 5.74) is 0. The Labute approximate surface area is 124 Å². The second-order valence-electron chi connectivity index (χ2n) is 6.70. The first-order chi connectivity index (χ1) is 9.49. The van der Waals surface area contributed by atoms with Gasteiger partial charge in [-0.1, -0.05) is 13.3 Å². The molecule has 0 radical (unpaired) electrons. The molecule has 2 unspecified atom stereocenters. The van der Waals surface area contributed by atoms with Crippen LogP contribution in [0.15, 0.2) is 0 Å². The molecule has 0 bridgehead atoms. The summed E-state index contributed by atoms with van der Waals surface area (Å²) in [7, 11) is -3.00. The van der Waals surface area contributed by atoms with Crippen LogP contribution in [0, 0.1) is 11.8 Å². The van der Waals surface area contributed by atoms with Gasteiger partial charge in [-0.25, -0.2) is 12.7 Å². The standard InChI is InChI=1S/C15H30N2O2S/c1-3-5-13(11-16-15-7-8-15)10-14-6-4-9-17(12-14)20(2,18)19/h13-16H,3-12H2,1-2H3. The van der Waals surface area contributed by atoms with Crippen LogP contribution in [0.2, 0.25) is 0 Å². The van der Waals surface area contributed by atoms with E-state index in [2.05, 4.69) is 12.2 Å². The van der Waals surface area contributed by atoms with E-state index in [0.717, 1.165) is 25.6 Å². The average molecular weight is 302 g/mol. The Hall–Kier alpha value is -0.130. The van der Waals surface area contributed by atoms with Crippen LogP contribution in [0.1, 0.15) is 51.9 Å². The van der Waals surface area contributed by atoms with Crippen molar-refractivity contribution in [3.63, 3.8) is 0 Å². The first kappa shape index (κ1) is 16.2. The number of hydrogen-bond acceptors (Lipinski definition) is 3. The Bertz CT molecular complexity index is 393. The molecule has 1 N–H and O–H groups in total. The van der Waals surface area contributed by atoms with Crippen molar-refractivity contribution in [2.24, 2.45) is 11.8 Å². The van der Waals surface area contributed by atoms with Crippen molar-refractivity contribution >= 4 is 10.0 Å². The van der Waals surface area contributed by atoms with Crippen LogP contribution in [-0.2, 0) is 10.0 Å². The Kier molecular flexibility index (Phi) is 5.87. The lowest BCUT2D eigenvalue weighted by atomic mass is 9.86. The lowest BCUT2D eigenvalue weighted by molar-refractivity contribution is 0.223. The fraction of sp³-hybridized carbons (Fsp3) is 1.00. The van der Waals surface area contributed by atoms with E-state index < -0.39 is 10.0 Å². The maximum Gasteiger partial charge on any atom is 0.211 e. The Morgan fingerprint density at radius 3 is 2.65 bits per heavy atom. The van der Waals surface area contributed by atoms with Gasteiger partial charge in [-0.3, -0.25) is 0 Å². The number of rotatable bonds is 8. The first-order valence-electron chi connectivity index (χ1n) is 8.17. The summed E-state index contributed by atoms with van der Waals surface area (Å²) < 4.78 is 25.0. The fourth-order valence-corrected chi connectivity index (χ4v) is 4.27. The molecule has 118 valence electrons. The maximum atomic E-state index is 11.7. The Balaban J connectivity index is 1.81. The molecule has 2 aliphatic rings. The Morgan fingerprint density at radius 1 is 1.30 bits per heavy atom. The van der Waals surface area contributed by atoms with Gasteiger partial charge in [0.25, 0.3) is 0 Å². The van der Waals surface area contributed by atoms with Gasteiger partial charge in [0, 0.05) is 19.1 Å². The fourth-order valence-electron chi connectivity index (χ4n) is 3.32. The molecule has 0 aromatic rings. The van der Waals surface area contributed by atoms with E-state index in [1.165, 1.54) is 44.8 Å². The summed E-state index contributed by atoms with van der Waals surface area (Å²) in [4.78, 5) is 0. The lowest BCUT2D eigenvalue weighted by Gasteiger charge is -2.33. The number of nitrogens with one attached hydrogen (secondary N) is 1. The van der Waals surface area contributed by atoms with E-state index >= 15 is 0 Å². The van der Waals surface area contributed by atoms with Crippen LogP contribution < -0.4 is 5.32 Å². The minimum atomic E-state index is -3.00. The summed E-state index contributed by atoms with van der Waals surface area (Å²) in [5.74, 6) is 1.26. The third-order valence-corrected chi connectivity index (χ3v) is 5.86. The summed E-state index contributed by atoms with van der Waals surface area (Å²) in [5, 5.41) is 3.64. The molecule has 0 aromatic carbocycles. The van der Waals surface area contributed by atoms with Gasteiger partial charge < -0.3 is 5.32 Å². The van der Waals surface area contributed by atoms with Gasteiger partial charge in [-0.2, -0.15) is 0 Å². The normalized spacial score (nSPS) is 26.6. The van der Waals surface area contributed by atoms with Gasteiger partial charge in [0.05, 0.1) is 6.26 Å². The van der Waals surface area contributed by atoms with E-state index in [9.17, 15) is 8.42 Å². The van der Waals surface area contributed by atoms with E-state index in [4.69, 9.17) is 0 Å². The highest BCUT2D eigenvalue weighted by Gasteiger charge is 2.28. The van der Waals surface area contributed by atoms with Gasteiger partial charge in [0.2, 0.25) is 10.0 Å². The van der Waals surface area contributed by atoms with Gasteiger partial charge in [0.1, 0.15) is 0 Å². The van der Waals surface area contributed by atoms with Crippen molar-refractivity contribution in [2.75, 3.05) is 25.9 Å². The molecule has 2 atom stereocenters. The largest absolute Gasteiger partial charge is 0.314 e. The minimum Gasteiger partial charge on any atom is -0.314 e. The molecule has 0 amide bonds. The molecule has 0 aromatic heterocycles. The highest BCUT2D eigenvalue weighted by molar-refractivity contribution is 7.88. The van der Waals surface area contributed by atoms with E-state index in [0.29, 0.717) is 18.4 Å². The lowest BCUT2D eigenvalue weighted by Crippen LogP contribution is -2.40. The van der Waals surface area contributed by atoms with E-state index in [1.54, 1.807) is 4.31 Å². The zero-order valence-corrected chi connectivity index (χ0v) is 13.8. The topological polar surface area (TPSA) is 49.4 Å². The summed E-state index contributed by atoms with van der Waals surface area (Å²) >= 11 is 0. The van der Waals surface area contributed by atoms with Crippen LogP contribution in [0.25, 0.3) is 0 Å². The zero-order valence-electron chi connectivity index (χ0n) is 13.0. The molecule has 20 heavy (non-hydrogen) atoms. The van der Waals surface area contributed by atoms with Crippen molar-refractivity contribution in [3.8, 4) is 0 Å². The van der Waals surface area contributed by atoms with Crippen molar-refractivity contribution < 1.29 is 8.42 Å². The molecule has 1 aliphatic carbocycles. The molecular weight excluding hydrogens is 272 g/mol. The van der Waals surface area contributed by atoms with Gasteiger partial charge >= 0.3 is 0 Å². The van der Waals surface area contributed by atoms with Crippen LogP contribution in [0.5, 0.6) is 0 Å². The maximum absolute atomic E-state index is 11.7. The smallest absolute Gasteiger partial charge is 0.211 e. The number of piperidine rings is 1. The summed E-state index contributed by atoms with van der Waals surface area (Å²) in [6, 6.07) is 0.772. The zero-order chi connectivity index (χ0) is 14.6. The number of hydrogen-bond donors (Lipinski definition) is 1. The average Bonchev–Trinajstić information content (AvgIpc) is 3.20. The van der Waals surface area contributed by atoms with Crippen LogP contribution in [0.4, 0.5) is 0 Å². The second kappa shape index (κ2) is 7.23. The predicted molar refractivity (Wildman–Crippen MR) is 83.2 cm³/mol. The Morgan fingerprint density at radius 2 is 2.05 bits per heavy atom. The van der Waals surface area contributed by atoms with Crippen LogP contribution in [-0.4, -0.2) is 44.7 Å². The van der Waals surface area contributed by atoms with Gasteiger partial charge in [-0.15, -0.1) is 0 Å². The molecule has 1 aliphatic heterocycles. The number of sulfonamides is 1. The van der Waals surface area contributed by atoms with Crippen molar-refractivity contribution in [1.82, 2.24) is 9.62 Å². The predicted octanol–water partition coefficient (Wildman–Crippen LogP) is 2.22.